The number of pyridine rings is 2. The van der Waals surface area contributed by atoms with Crippen LogP contribution >= 0.6 is 0 Å². The van der Waals surface area contributed by atoms with Crippen molar-refractivity contribution in [2.75, 3.05) is 10.0 Å². The third-order valence-corrected chi connectivity index (χ3v) is 2.71. The molecular weight excluding hydrogens is 316 g/mol. The molecule has 124 valence electrons. The number of urea groups is 2. The average molecular weight is 330 g/mol. The second-order valence-electron chi connectivity index (χ2n) is 4.34. The molecule has 0 atom stereocenters. The fourth-order valence-corrected chi connectivity index (χ4v) is 1.56. The zero-order valence-corrected chi connectivity index (χ0v) is 12.3. The van der Waals surface area contributed by atoms with Crippen molar-refractivity contribution in [3.05, 3.63) is 36.7 Å². The van der Waals surface area contributed by atoms with Crippen LogP contribution in [-0.2, 0) is 0 Å². The maximum atomic E-state index is 11.3. The molecule has 0 saturated heterocycles. The zero-order chi connectivity index (χ0) is 17.7. The summed E-state index contributed by atoms with van der Waals surface area (Å²) in [6.45, 7) is 0. The van der Waals surface area contributed by atoms with Crippen LogP contribution in [0.1, 0.15) is 0 Å². The fourth-order valence-electron chi connectivity index (χ4n) is 1.56. The normalized spacial score (nSPS) is 10.6. The van der Waals surface area contributed by atoms with Crippen molar-refractivity contribution in [2.24, 2.45) is 33.4 Å². The Morgan fingerprint density at radius 2 is 1.71 bits per heavy atom. The summed E-state index contributed by atoms with van der Waals surface area (Å²) in [5, 5.41) is 8.99. The maximum absolute atomic E-state index is 11.3. The predicted molar refractivity (Wildman–Crippen MR) is 85.1 cm³/mol. The Hall–Kier alpha value is -3.64. The van der Waals surface area contributed by atoms with E-state index in [1.54, 1.807) is 18.3 Å². The Morgan fingerprint density at radius 3 is 2.29 bits per heavy atom. The molecule has 0 aromatic carbocycles. The second kappa shape index (κ2) is 7.08. The largest absolute Gasteiger partial charge is 0.350 e. The summed E-state index contributed by atoms with van der Waals surface area (Å²) in [6, 6.07) is 4.13. The van der Waals surface area contributed by atoms with Crippen LogP contribution in [0.2, 0.25) is 0 Å². The van der Waals surface area contributed by atoms with Gasteiger partial charge in [-0.05, 0) is 24.3 Å². The second-order valence-corrected chi connectivity index (χ2v) is 4.34. The van der Waals surface area contributed by atoms with Crippen LogP contribution < -0.4 is 33.2 Å². The van der Waals surface area contributed by atoms with Crippen molar-refractivity contribution >= 4 is 35.1 Å². The number of hydrazine groups is 2. The number of hydrogen-bond donors (Lipinski definition) is 4. The van der Waals surface area contributed by atoms with Crippen LogP contribution in [0.3, 0.4) is 0 Å². The van der Waals surface area contributed by atoms with Gasteiger partial charge in [0.1, 0.15) is 11.4 Å². The highest BCUT2D eigenvalue weighted by molar-refractivity contribution is 5.93. The van der Waals surface area contributed by atoms with Gasteiger partial charge in [-0.3, -0.25) is 4.98 Å². The summed E-state index contributed by atoms with van der Waals surface area (Å²) in [4.78, 5) is 30.3. The predicted octanol–water partition coefficient (Wildman–Crippen LogP) is 0.410. The molecule has 24 heavy (non-hydrogen) atoms. The van der Waals surface area contributed by atoms with Gasteiger partial charge in [0.15, 0.2) is 11.6 Å². The Kier molecular flexibility index (Phi) is 4.93. The van der Waals surface area contributed by atoms with E-state index in [0.29, 0.717) is 15.7 Å². The molecule has 0 spiro atoms. The number of aromatic nitrogens is 2. The number of azo groups is 1. The van der Waals surface area contributed by atoms with Crippen molar-refractivity contribution in [1.29, 1.82) is 0 Å². The molecule has 8 N–H and O–H groups in total. The van der Waals surface area contributed by atoms with Crippen molar-refractivity contribution in [3.8, 4) is 0 Å². The summed E-state index contributed by atoms with van der Waals surface area (Å²) in [5.74, 6) is 10.8. The highest BCUT2D eigenvalue weighted by Crippen LogP contribution is 2.29. The summed E-state index contributed by atoms with van der Waals surface area (Å²) < 4.78 is 0. The smallest absolute Gasteiger partial charge is 0.335 e. The van der Waals surface area contributed by atoms with Crippen LogP contribution in [-0.4, -0.2) is 22.0 Å². The van der Waals surface area contributed by atoms with E-state index in [1.165, 1.54) is 18.3 Å². The first kappa shape index (κ1) is 16.7. The van der Waals surface area contributed by atoms with E-state index in [-0.39, 0.29) is 17.3 Å². The molecule has 2 aromatic rings. The first-order chi connectivity index (χ1) is 11.4. The summed E-state index contributed by atoms with van der Waals surface area (Å²) in [7, 11) is 0. The topological polar surface area (TPSA) is 195 Å². The SMILES string of the molecule is NC(=O)N(N)c1ccc(N=Nc2cccnc2)c(N(N)C(N)=O)n1. The van der Waals surface area contributed by atoms with Gasteiger partial charge in [-0.25, -0.2) is 36.3 Å². The van der Waals surface area contributed by atoms with Gasteiger partial charge in [0.25, 0.3) is 0 Å². The van der Waals surface area contributed by atoms with E-state index in [9.17, 15) is 9.59 Å². The molecule has 0 aliphatic carbocycles. The lowest BCUT2D eigenvalue weighted by atomic mass is 10.3. The lowest BCUT2D eigenvalue weighted by Crippen LogP contribution is -2.44. The minimum absolute atomic E-state index is 0.0606. The minimum atomic E-state index is -1.000. The molecule has 12 nitrogen and oxygen atoms in total. The average Bonchev–Trinajstić information content (AvgIpc) is 2.59. The summed E-state index contributed by atoms with van der Waals surface area (Å²) in [6.07, 6.45) is 3.06. The zero-order valence-electron chi connectivity index (χ0n) is 12.3. The van der Waals surface area contributed by atoms with Gasteiger partial charge in [-0.1, -0.05) is 0 Å². The highest BCUT2D eigenvalue weighted by Gasteiger charge is 2.18. The highest BCUT2D eigenvalue weighted by atomic mass is 16.2. The van der Waals surface area contributed by atoms with Crippen molar-refractivity contribution in [3.63, 3.8) is 0 Å². The van der Waals surface area contributed by atoms with Gasteiger partial charge in [0.05, 0.1) is 6.20 Å². The van der Waals surface area contributed by atoms with Crippen LogP contribution in [0, 0.1) is 0 Å². The van der Waals surface area contributed by atoms with Crippen LogP contribution in [0.4, 0.5) is 32.6 Å². The van der Waals surface area contributed by atoms with E-state index in [4.69, 9.17) is 23.2 Å². The fraction of sp³-hybridized carbons (Fsp3) is 0. The minimum Gasteiger partial charge on any atom is -0.350 e. The number of amides is 4. The summed E-state index contributed by atoms with van der Waals surface area (Å²) in [5.41, 5.74) is 10.8. The van der Waals surface area contributed by atoms with E-state index in [0.717, 1.165) is 0 Å². The van der Waals surface area contributed by atoms with E-state index < -0.39 is 12.1 Å². The molecule has 0 unspecified atom stereocenters. The Bertz CT molecular complexity index is 779. The summed E-state index contributed by atoms with van der Waals surface area (Å²) >= 11 is 0. The Labute approximate surface area is 135 Å². The number of rotatable bonds is 4. The van der Waals surface area contributed by atoms with Gasteiger partial charge in [-0.15, -0.1) is 10.2 Å². The van der Waals surface area contributed by atoms with Gasteiger partial charge >= 0.3 is 12.1 Å². The van der Waals surface area contributed by atoms with E-state index in [1.807, 2.05) is 0 Å². The number of hydrogen-bond acceptors (Lipinski definition) is 8. The van der Waals surface area contributed by atoms with Crippen LogP contribution in [0.15, 0.2) is 46.9 Å². The van der Waals surface area contributed by atoms with Gasteiger partial charge in [0, 0.05) is 6.20 Å². The molecule has 2 aromatic heterocycles. The van der Waals surface area contributed by atoms with Crippen molar-refractivity contribution < 1.29 is 9.59 Å². The molecule has 0 saturated carbocycles. The molecule has 4 amide bonds. The molecule has 2 rings (SSSR count). The van der Waals surface area contributed by atoms with Gasteiger partial charge < -0.3 is 11.5 Å². The number of carbonyl (C=O) groups excluding carboxylic acids is 2. The number of nitrogens with zero attached hydrogens (tertiary/aromatic N) is 6. The van der Waals surface area contributed by atoms with Gasteiger partial charge in [0.2, 0.25) is 0 Å². The van der Waals surface area contributed by atoms with Crippen LogP contribution in [0.5, 0.6) is 0 Å². The van der Waals surface area contributed by atoms with E-state index >= 15 is 0 Å². The molecular formula is C12H14N10O2. The number of anilines is 2. The van der Waals surface area contributed by atoms with E-state index in [2.05, 4.69) is 20.2 Å². The first-order valence-corrected chi connectivity index (χ1v) is 6.41. The van der Waals surface area contributed by atoms with Gasteiger partial charge in [-0.2, -0.15) is 0 Å². The molecule has 2 heterocycles. The first-order valence-electron chi connectivity index (χ1n) is 6.41. The lowest BCUT2D eigenvalue weighted by Gasteiger charge is -2.18. The number of nitrogens with two attached hydrogens (primary N) is 4. The number of primary amides is 2. The molecule has 0 aliphatic rings. The Morgan fingerprint density at radius 1 is 1.00 bits per heavy atom. The molecule has 0 fully saturated rings. The molecule has 12 heteroatoms. The van der Waals surface area contributed by atoms with Crippen molar-refractivity contribution in [2.45, 2.75) is 0 Å². The monoisotopic (exact) mass is 330 g/mol. The molecule has 0 bridgehead atoms. The van der Waals surface area contributed by atoms with Crippen LogP contribution in [0.25, 0.3) is 0 Å². The third kappa shape index (κ3) is 3.76. The number of carbonyl (C=O) groups is 2. The lowest BCUT2D eigenvalue weighted by molar-refractivity contribution is 0.253. The molecule has 0 radical (unpaired) electrons. The standard InChI is InChI=1S/C12H14N10O2/c13-11(23)21(15)9-4-3-8(10(18-9)22(16)12(14)24)20-19-7-2-1-5-17-6-7/h1-6H,15-16H2,(H2,13,23)(H2,14,24). The third-order valence-electron chi connectivity index (χ3n) is 2.71. The Balaban J connectivity index is 2.44. The van der Waals surface area contributed by atoms with Crippen molar-refractivity contribution in [1.82, 2.24) is 9.97 Å². The quantitative estimate of drug-likeness (QED) is 0.271. The maximum Gasteiger partial charge on any atom is 0.335 e. The molecule has 0 aliphatic heterocycles.